The van der Waals surface area contributed by atoms with Crippen LogP contribution in [-0.2, 0) is 11.2 Å². The smallest absolute Gasteiger partial charge is 0.449 e. The number of nitrogens with two attached hydrogens (primary N) is 1. The normalized spacial score (nSPS) is 9.95. The van der Waals surface area contributed by atoms with E-state index in [-0.39, 0.29) is 23.5 Å². The number of amides is 1. The summed E-state index contributed by atoms with van der Waals surface area (Å²) in [5.41, 5.74) is 6.00. The molecule has 0 spiro atoms. The van der Waals surface area contributed by atoms with Gasteiger partial charge in [0.1, 0.15) is 11.5 Å². The number of hydrogen-bond donors (Lipinski definition) is 2. The monoisotopic (exact) mass is 265 g/mol. The van der Waals surface area contributed by atoms with E-state index in [1.165, 1.54) is 18.2 Å². The molecule has 6 nitrogen and oxygen atoms in total. The lowest BCUT2D eigenvalue weighted by Gasteiger charge is -2.08. The van der Waals surface area contributed by atoms with Crippen molar-refractivity contribution in [3.8, 4) is 5.75 Å². The summed E-state index contributed by atoms with van der Waals surface area (Å²) in [4.78, 5) is 33.0. The van der Waals surface area contributed by atoms with E-state index in [0.717, 1.165) is 0 Å². The van der Waals surface area contributed by atoms with Gasteiger partial charge in [-0.05, 0) is 30.2 Å². The summed E-state index contributed by atoms with van der Waals surface area (Å²) in [5, 5.41) is 8.52. The third-order valence-electron chi connectivity index (χ3n) is 2.61. The number of aryl methyl sites for hydroxylation is 1. The van der Waals surface area contributed by atoms with Gasteiger partial charge in [0.15, 0.2) is 0 Å². The van der Waals surface area contributed by atoms with E-state index in [1.807, 2.05) is 0 Å². The number of hydrogen-bond acceptors (Lipinski definition) is 4. The topological polar surface area (TPSA) is 107 Å². The molecule has 0 aliphatic rings. The lowest BCUT2D eigenvalue weighted by atomic mass is 10.00. The molecule has 1 rings (SSSR count). The van der Waals surface area contributed by atoms with Gasteiger partial charge in [-0.2, -0.15) is 0 Å². The molecule has 0 saturated carbocycles. The van der Waals surface area contributed by atoms with Gasteiger partial charge in [0.2, 0.25) is 5.91 Å². The first-order valence-corrected chi connectivity index (χ1v) is 5.79. The number of carboxylic acid groups (broad SMARTS) is 1. The summed E-state index contributed by atoms with van der Waals surface area (Å²) in [7, 11) is 0. The molecule has 0 heterocycles. The summed E-state index contributed by atoms with van der Waals surface area (Å²) in [6.07, 6.45) is -0.436. The Labute approximate surface area is 110 Å². The average Bonchev–Trinajstić information content (AvgIpc) is 2.34. The first-order chi connectivity index (χ1) is 8.93. The minimum atomic E-state index is -1.44. The summed E-state index contributed by atoms with van der Waals surface area (Å²) >= 11 is 0. The van der Waals surface area contributed by atoms with Crippen LogP contribution in [0.25, 0.3) is 0 Å². The van der Waals surface area contributed by atoms with Crippen LogP contribution in [0.1, 0.15) is 35.7 Å². The Balaban J connectivity index is 2.98. The van der Waals surface area contributed by atoms with Crippen molar-refractivity contribution in [2.24, 2.45) is 5.73 Å². The molecule has 0 radical (unpaired) electrons. The Morgan fingerprint density at radius 3 is 2.53 bits per heavy atom. The Morgan fingerprint density at radius 2 is 2.00 bits per heavy atom. The van der Waals surface area contributed by atoms with Gasteiger partial charge in [-0.25, -0.2) is 4.79 Å². The predicted octanol–water partition coefficient (Wildman–Crippen LogP) is 1.75. The number of primary amides is 1. The Hall–Kier alpha value is -2.37. The van der Waals surface area contributed by atoms with E-state index in [0.29, 0.717) is 18.4 Å². The second-order valence-electron chi connectivity index (χ2n) is 3.94. The van der Waals surface area contributed by atoms with Gasteiger partial charge in [0, 0.05) is 18.4 Å². The third-order valence-corrected chi connectivity index (χ3v) is 2.61. The maximum Gasteiger partial charge on any atom is 0.511 e. The quantitative estimate of drug-likeness (QED) is 0.602. The Morgan fingerprint density at radius 1 is 1.32 bits per heavy atom. The van der Waals surface area contributed by atoms with Crippen molar-refractivity contribution >= 4 is 17.8 Å². The third kappa shape index (κ3) is 4.42. The minimum absolute atomic E-state index is 0.0555. The van der Waals surface area contributed by atoms with Gasteiger partial charge in [-0.15, -0.1) is 0 Å². The van der Waals surface area contributed by atoms with E-state index in [2.05, 4.69) is 4.74 Å². The number of rotatable bonds is 6. The zero-order chi connectivity index (χ0) is 14.4. The molecule has 0 aliphatic carbocycles. The van der Waals surface area contributed by atoms with E-state index < -0.39 is 12.1 Å². The largest absolute Gasteiger partial charge is 0.511 e. The molecule has 1 aromatic rings. The highest BCUT2D eigenvalue weighted by Gasteiger charge is 2.12. The molecule has 6 heteroatoms. The zero-order valence-electron chi connectivity index (χ0n) is 10.5. The van der Waals surface area contributed by atoms with E-state index in [4.69, 9.17) is 10.8 Å². The van der Waals surface area contributed by atoms with Crippen LogP contribution in [0.2, 0.25) is 0 Å². The van der Waals surface area contributed by atoms with Crippen LogP contribution < -0.4 is 10.5 Å². The summed E-state index contributed by atoms with van der Waals surface area (Å²) < 4.78 is 4.50. The molecule has 0 atom stereocenters. The second kappa shape index (κ2) is 6.53. The lowest BCUT2D eigenvalue weighted by Crippen LogP contribution is -2.15. The number of carbonyl (C=O) groups excluding carboxylic acids is 2. The van der Waals surface area contributed by atoms with Gasteiger partial charge < -0.3 is 15.6 Å². The van der Waals surface area contributed by atoms with Crippen molar-refractivity contribution in [1.82, 2.24) is 0 Å². The highest BCUT2D eigenvalue weighted by molar-refractivity contribution is 5.94. The molecule has 0 aromatic heterocycles. The number of carbonyl (C=O) groups is 3. The molecule has 0 saturated heterocycles. The molecule has 0 bridgehead atoms. The SMILES string of the molecule is CCC(=O)CCc1cc(OC(=O)O)ccc1C(N)=O. The highest BCUT2D eigenvalue weighted by atomic mass is 16.7. The van der Waals surface area contributed by atoms with Crippen LogP contribution in [0.15, 0.2) is 18.2 Å². The minimum Gasteiger partial charge on any atom is -0.449 e. The Bertz CT molecular complexity index is 510. The fourth-order valence-electron chi connectivity index (χ4n) is 1.63. The Kier molecular flexibility index (Phi) is 5.05. The molecule has 0 unspecified atom stereocenters. The fraction of sp³-hybridized carbons (Fsp3) is 0.308. The van der Waals surface area contributed by atoms with Gasteiger partial charge in [-0.1, -0.05) is 6.92 Å². The molecular formula is C13H15NO5. The van der Waals surface area contributed by atoms with Crippen LogP contribution in [0.3, 0.4) is 0 Å². The molecule has 19 heavy (non-hydrogen) atoms. The van der Waals surface area contributed by atoms with Gasteiger partial charge >= 0.3 is 6.16 Å². The second-order valence-corrected chi connectivity index (χ2v) is 3.94. The van der Waals surface area contributed by atoms with Crippen LogP contribution in [0.5, 0.6) is 5.75 Å². The van der Waals surface area contributed by atoms with Crippen molar-refractivity contribution in [3.63, 3.8) is 0 Å². The van der Waals surface area contributed by atoms with Crippen LogP contribution in [-0.4, -0.2) is 23.0 Å². The van der Waals surface area contributed by atoms with Crippen molar-refractivity contribution in [2.45, 2.75) is 26.2 Å². The number of ketones is 1. The summed E-state index contributed by atoms with van der Waals surface area (Å²) in [6, 6.07) is 4.16. The molecule has 1 aromatic carbocycles. The van der Waals surface area contributed by atoms with Crippen molar-refractivity contribution in [2.75, 3.05) is 0 Å². The van der Waals surface area contributed by atoms with Crippen molar-refractivity contribution < 1.29 is 24.2 Å². The molecule has 0 fully saturated rings. The van der Waals surface area contributed by atoms with Crippen LogP contribution in [0.4, 0.5) is 4.79 Å². The van der Waals surface area contributed by atoms with Gasteiger partial charge in [0.25, 0.3) is 0 Å². The molecule has 3 N–H and O–H groups in total. The number of ether oxygens (including phenoxy) is 1. The maximum absolute atomic E-state index is 11.3. The summed E-state index contributed by atoms with van der Waals surface area (Å²) in [5.74, 6) is -0.475. The maximum atomic E-state index is 11.3. The van der Waals surface area contributed by atoms with E-state index in [9.17, 15) is 14.4 Å². The molecular weight excluding hydrogens is 250 g/mol. The van der Waals surface area contributed by atoms with Gasteiger partial charge in [0.05, 0.1) is 0 Å². The van der Waals surface area contributed by atoms with E-state index in [1.54, 1.807) is 6.92 Å². The van der Waals surface area contributed by atoms with Crippen molar-refractivity contribution in [3.05, 3.63) is 29.3 Å². The standard InChI is InChI=1S/C13H15NO5/c1-2-9(15)4-3-8-7-10(19-13(17)18)5-6-11(8)12(14)16/h5-7H,2-4H2,1H3,(H2,14,16)(H,17,18). The van der Waals surface area contributed by atoms with Gasteiger partial charge in [-0.3, -0.25) is 9.59 Å². The van der Waals surface area contributed by atoms with Crippen LogP contribution in [0, 0.1) is 0 Å². The molecule has 102 valence electrons. The zero-order valence-corrected chi connectivity index (χ0v) is 10.5. The van der Waals surface area contributed by atoms with E-state index >= 15 is 0 Å². The lowest BCUT2D eigenvalue weighted by molar-refractivity contribution is -0.118. The van der Waals surface area contributed by atoms with Crippen molar-refractivity contribution in [1.29, 1.82) is 0 Å². The first kappa shape index (κ1) is 14.7. The molecule has 0 aliphatic heterocycles. The first-order valence-electron chi connectivity index (χ1n) is 5.79. The molecule has 1 amide bonds. The summed E-state index contributed by atoms with van der Waals surface area (Å²) in [6.45, 7) is 1.75. The number of Topliss-reactive ketones (excluding diaryl/α,β-unsaturated/α-hetero) is 1. The average molecular weight is 265 g/mol. The fourth-order valence-corrected chi connectivity index (χ4v) is 1.63. The number of benzene rings is 1. The predicted molar refractivity (Wildman–Crippen MR) is 67.2 cm³/mol. The van der Waals surface area contributed by atoms with Crippen LogP contribution >= 0.6 is 0 Å². The highest BCUT2D eigenvalue weighted by Crippen LogP contribution is 2.20.